The van der Waals surface area contributed by atoms with Gasteiger partial charge in [-0.25, -0.2) is 4.98 Å². The molecule has 0 spiro atoms. The number of benzene rings is 2. The van der Waals surface area contributed by atoms with Gasteiger partial charge in [0.15, 0.2) is 0 Å². The third kappa shape index (κ3) is 4.87. The highest BCUT2D eigenvalue weighted by atomic mass is 32.2. The van der Waals surface area contributed by atoms with E-state index in [-0.39, 0.29) is 16.8 Å². The number of pyridine rings is 1. The summed E-state index contributed by atoms with van der Waals surface area (Å²) >= 11 is 0.923. The van der Waals surface area contributed by atoms with E-state index in [2.05, 4.69) is 17.2 Å². The first-order valence-electron chi connectivity index (χ1n) is 10.4. The highest BCUT2D eigenvalue weighted by molar-refractivity contribution is 7.99. The third-order valence-electron chi connectivity index (χ3n) is 5.77. The van der Waals surface area contributed by atoms with E-state index in [1.807, 2.05) is 12.1 Å². The number of alkyl halides is 3. The second-order valence-corrected chi connectivity index (χ2v) is 9.03. The topological polar surface area (TPSA) is 42.0 Å². The van der Waals surface area contributed by atoms with Gasteiger partial charge >= 0.3 is 6.18 Å². The maximum absolute atomic E-state index is 13.4. The van der Waals surface area contributed by atoms with Crippen LogP contribution >= 0.6 is 11.8 Å². The molecule has 2 unspecified atom stereocenters. The Kier molecular flexibility index (Phi) is 6.23. The second-order valence-electron chi connectivity index (χ2n) is 7.96. The number of nitrogens with zero attached hydrogens (tertiary/aromatic N) is 1. The van der Waals surface area contributed by atoms with Crippen molar-refractivity contribution in [3.05, 3.63) is 65.7 Å². The molecule has 1 saturated carbocycles. The molecule has 1 fully saturated rings. The predicted octanol–water partition coefficient (Wildman–Crippen LogP) is 6.71. The molecular weight excluding hydrogens is 421 g/mol. The molecule has 0 bridgehead atoms. The molecule has 1 amide bonds. The number of hydrogen-bond donors (Lipinski definition) is 1. The van der Waals surface area contributed by atoms with Crippen molar-refractivity contribution in [1.82, 2.24) is 10.3 Å². The van der Waals surface area contributed by atoms with Crippen molar-refractivity contribution >= 4 is 28.6 Å². The smallest absolute Gasteiger partial charge is 0.349 e. The van der Waals surface area contributed by atoms with E-state index in [4.69, 9.17) is 0 Å². The standard InChI is InChI=1S/C24H23F3N2OS/c1-15-8-2-5-11-19(15)29-23(30)17-14-22(28-20-12-6-3-9-16(17)20)31-21-13-7-4-10-18(21)24(25,26)27/h3-4,6-7,9-10,12-15,19H,2,5,8,11H2,1H3,(H,29,30). The van der Waals surface area contributed by atoms with Gasteiger partial charge in [-0.3, -0.25) is 4.79 Å². The van der Waals surface area contributed by atoms with Gasteiger partial charge in [0, 0.05) is 16.3 Å². The third-order valence-corrected chi connectivity index (χ3v) is 6.77. The molecule has 1 heterocycles. The van der Waals surface area contributed by atoms with E-state index in [1.54, 1.807) is 24.3 Å². The molecule has 3 nitrogen and oxygen atoms in total. The highest BCUT2D eigenvalue weighted by Gasteiger charge is 2.33. The van der Waals surface area contributed by atoms with E-state index < -0.39 is 11.7 Å². The molecule has 0 saturated heterocycles. The Morgan fingerprint density at radius 3 is 2.55 bits per heavy atom. The highest BCUT2D eigenvalue weighted by Crippen LogP contribution is 2.39. The summed E-state index contributed by atoms with van der Waals surface area (Å²) < 4.78 is 40.2. The van der Waals surface area contributed by atoms with Crippen LogP contribution in [0.4, 0.5) is 13.2 Å². The van der Waals surface area contributed by atoms with Crippen molar-refractivity contribution in [1.29, 1.82) is 0 Å². The number of aromatic nitrogens is 1. The summed E-state index contributed by atoms with van der Waals surface area (Å²) in [5.74, 6) is 0.196. The predicted molar refractivity (Wildman–Crippen MR) is 116 cm³/mol. The van der Waals surface area contributed by atoms with E-state index in [9.17, 15) is 18.0 Å². The summed E-state index contributed by atoms with van der Waals surface area (Å²) in [6.45, 7) is 2.14. The zero-order chi connectivity index (χ0) is 22.0. The largest absolute Gasteiger partial charge is 0.417 e. The van der Waals surface area contributed by atoms with Gasteiger partial charge in [-0.05, 0) is 43.0 Å². The van der Waals surface area contributed by atoms with E-state index in [1.165, 1.54) is 18.6 Å². The quantitative estimate of drug-likeness (QED) is 0.486. The fourth-order valence-corrected chi connectivity index (χ4v) is 5.06. The van der Waals surface area contributed by atoms with Crippen LogP contribution in [0.25, 0.3) is 10.9 Å². The first-order valence-corrected chi connectivity index (χ1v) is 11.2. The van der Waals surface area contributed by atoms with Crippen LogP contribution in [-0.4, -0.2) is 16.9 Å². The zero-order valence-corrected chi connectivity index (χ0v) is 17.9. The van der Waals surface area contributed by atoms with E-state index in [0.29, 0.717) is 27.4 Å². The van der Waals surface area contributed by atoms with Crippen molar-refractivity contribution in [2.75, 3.05) is 0 Å². The van der Waals surface area contributed by atoms with Crippen LogP contribution in [0.5, 0.6) is 0 Å². The summed E-state index contributed by atoms with van der Waals surface area (Å²) in [7, 11) is 0. The van der Waals surface area contributed by atoms with Crippen LogP contribution in [-0.2, 0) is 6.18 Å². The number of carbonyl (C=O) groups is 1. The first kappa shape index (κ1) is 21.7. The number of amides is 1. The van der Waals surface area contributed by atoms with Crippen molar-refractivity contribution in [2.45, 2.75) is 54.7 Å². The van der Waals surface area contributed by atoms with Crippen LogP contribution in [0.2, 0.25) is 0 Å². The van der Waals surface area contributed by atoms with Gasteiger partial charge in [0.05, 0.1) is 16.6 Å². The Balaban J connectivity index is 1.70. The summed E-state index contributed by atoms with van der Waals surface area (Å²) in [5.41, 5.74) is 0.311. The van der Waals surface area contributed by atoms with Crippen LogP contribution in [0.1, 0.15) is 48.5 Å². The number of rotatable bonds is 4. The van der Waals surface area contributed by atoms with Gasteiger partial charge in [0.1, 0.15) is 5.03 Å². The van der Waals surface area contributed by atoms with Crippen LogP contribution in [0, 0.1) is 5.92 Å². The van der Waals surface area contributed by atoms with Crippen molar-refractivity contribution in [3.63, 3.8) is 0 Å². The molecule has 31 heavy (non-hydrogen) atoms. The number of hydrogen-bond acceptors (Lipinski definition) is 3. The Morgan fingerprint density at radius 2 is 1.77 bits per heavy atom. The molecule has 162 valence electrons. The van der Waals surface area contributed by atoms with Crippen molar-refractivity contribution in [2.24, 2.45) is 5.92 Å². The lowest BCUT2D eigenvalue weighted by molar-refractivity contribution is -0.139. The monoisotopic (exact) mass is 444 g/mol. The Hall–Kier alpha value is -2.54. The lowest BCUT2D eigenvalue weighted by atomic mass is 9.86. The molecule has 1 aliphatic carbocycles. The maximum Gasteiger partial charge on any atom is 0.417 e. The molecule has 1 aliphatic rings. The van der Waals surface area contributed by atoms with E-state index >= 15 is 0 Å². The summed E-state index contributed by atoms with van der Waals surface area (Å²) in [6, 6.07) is 14.3. The molecule has 4 rings (SSSR count). The van der Waals surface area contributed by atoms with Crippen LogP contribution < -0.4 is 5.32 Å². The molecule has 1 aromatic heterocycles. The average molecular weight is 445 g/mol. The maximum atomic E-state index is 13.4. The van der Waals surface area contributed by atoms with Crippen LogP contribution in [0.3, 0.4) is 0 Å². The molecular formula is C24H23F3N2OS. The van der Waals surface area contributed by atoms with Gasteiger partial charge in [0.25, 0.3) is 5.91 Å². The minimum Gasteiger partial charge on any atom is -0.349 e. The molecule has 7 heteroatoms. The Morgan fingerprint density at radius 1 is 1.06 bits per heavy atom. The van der Waals surface area contributed by atoms with Gasteiger partial charge in [-0.1, -0.05) is 61.9 Å². The molecule has 2 aromatic carbocycles. The van der Waals surface area contributed by atoms with Gasteiger partial charge < -0.3 is 5.32 Å². The van der Waals surface area contributed by atoms with Gasteiger partial charge in [-0.2, -0.15) is 13.2 Å². The molecule has 3 aromatic rings. The van der Waals surface area contributed by atoms with Gasteiger partial charge in [0.2, 0.25) is 0 Å². The fraction of sp³-hybridized carbons (Fsp3) is 0.333. The lowest BCUT2D eigenvalue weighted by Gasteiger charge is -2.29. The van der Waals surface area contributed by atoms with Crippen molar-refractivity contribution in [3.8, 4) is 0 Å². The fourth-order valence-electron chi connectivity index (χ4n) is 4.07. The minimum absolute atomic E-state index is 0.0602. The lowest BCUT2D eigenvalue weighted by Crippen LogP contribution is -2.41. The second kappa shape index (κ2) is 8.91. The molecule has 0 aliphatic heterocycles. The number of para-hydroxylation sites is 1. The summed E-state index contributed by atoms with van der Waals surface area (Å²) in [6.07, 6.45) is -0.182. The Bertz CT molecular complexity index is 1100. The normalized spacial score (nSPS) is 19.4. The number of carbonyl (C=O) groups excluding carboxylic acids is 1. The molecule has 0 radical (unpaired) electrons. The van der Waals surface area contributed by atoms with Gasteiger partial charge in [-0.15, -0.1) is 0 Å². The zero-order valence-electron chi connectivity index (χ0n) is 17.1. The summed E-state index contributed by atoms with van der Waals surface area (Å²) in [4.78, 5) is 17.7. The molecule has 2 atom stereocenters. The SMILES string of the molecule is CC1CCCCC1NC(=O)c1cc(Sc2ccccc2C(F)(F)F)nc2ccccc12. The first-order chi connectivity index (χ1) is 14.8. The minimum atomic E-state index is -4.46. The average Bonchev–Trinajstić information content (AvgIpc) is 2.74. The van der Waals surface area contributed by atoms with Crippen LogP contribution in [0.15, 0.2) is 64.5 Å². The summed E-state index contributed by atoms with van der Waals surface area (Å²) in [5, 5.41) is 4.20. The molecule has 1 N–H and O–H groups in total. The number of halogens is 3. The number of nitrogens with one attached hydrogen (secondary N) is 1. The van der Waals surface area contributed by atoms with Crippen molar-refractivity contribution < 1.29 is 18.0 Å². The van der Waals surface area contributed by atoms with E-state index in [0.717, 1.165) is 37.1 Å². The number of fused-ring (bicyclic) bond motifs is 1. The Labute approximate surface area is 183 Å².